The molecule has 28 heavy (non-hydrogen) atoms. The molecular formula is C23H29Cl2NO2. The zero-order valence-electron chi connectivity index (χ0n) is 17.1. The molecule has 0 amide bonds. The Hall–Kier alpha value is -1.42. The van der Waals surface area contributed by atoms with Crippen LogP contribution >= 0.6 is 24.0 Å². The van der Waals surface area contributed by atoms with E-state index in [2.05, 4.69) is 57.3 Å². The van der Waals surface area contributed by atoms with Crippen molar-refractivity contribution in [3.8, 4) is 11.5 Å². The molecule has 0 spiro atoms. The molecule has 0 saturated carbocycles. The summed E-state index contributed by atoms with van der Waals surface area (Å²) in [6.07, 6.45) is 1.87. The Morgan fingerprint density at radius 1 is 0.893 bits per heavy atom. The van der Waals surface area contributed by atoms with E-state index in [4.69, 9.17) is 21.1 Å². The third-order valence-corrected chi connectivity index (χ3v) is 5.93. The number of hydrogen-bond donors (Lipinski definition) is 1. The van der Waals surface area contributed by atoms with E-state index in [9.17, 15) is 0 Å². The molecule has 0 aromatic heterocycles. The van der Waals surface area contributed by atoms with Crippen molar-refractivity contribution >= 4 is 24.0 Å². The Morgan fingerprint density at radius 3 is 2.07 bits per heavy atom. The molecule has 2 heterocycles. The molecule has 2 atom stereocenters. The standard InChI is InChI=1S/C23H28ClNO2.ClH/c1-22(2)12-18(14-6-8-15(24)9-7-14)16-10-17-19(25-5)13-23(3,4)27-21(17)11-20(16)26-22;/h6-11,18-19,25H,12-13H2,1-5H3;1H. The molecule has 0 aliphatic carbocycles. The summed E-state index contributed by atoms with van der Waals surface area (Å²) < 4.78 is 12.7. The highest BCUT2D eigenvalue weighted by Crippen LogP contribution is 2.50. The molecule has 2 unspecified atom stereocenters. The largest absolute Gasteiger partial charge is 0.487 e. The third kappa shape index (κ3) is 3.98. The van der Waals surface area contributed by atoms with Gasteiger partial charge in [-0.05, 0) is 64.9 Å². The first-order valence-corrected chi connectivity index (χ1v) is 10.0. The van der Waals surface area contributed by atoms with E-state index in [1.165, 1.54) is 16.7 Å². The van der Waals surface area contributed by atoms with Gasteiger partial charge in [-0.15, -0.1) is 12.4 Å². The molecule has 4 rings (SSSR count). The van der Waals surface area contributed by atoms with Crippen LogP contribution in [0.25, 0.3) is 0 Å². The summed E-state index contributed by atoms with van der Waals surface area (Å²) >= 11 is 6.12. The smallest absolute Gasteiger partial charge is 0.128 e. The summed E-state index contributed by atoms with van der Waals surface area (Å²) in [5, 5.41) is 4.23. The average molecular weight is 422 g/mol. The van der Waals surface area contributed by atoms with Crippen molar-refractivity contribution in [1.29, 1.82) is 0 Å². The number of hydrogen-bond acceptors (Lipinski definition) is 3. The van der Waals surface area contributed by atoms with Gasteiger partial charge in [0.1, 0.15) is 22.7 Å². The fourth-order valence-corrected chi connectivity index (χ4v) is 4.57. The van der Waals surface area contributed by atoms with Gasteiger partial charge in [0.25, 0.3) is 0 Å². The highest BCUT2D eigenvalue weighted by molar-refractivity contribution is 6.30. The SMILES string of the molecule is CNC1CC(C)(C)Oc2cc3c(cc21)C(c1ccc(Cl)cc1)CC(C)(C)O3.Cl. The first-order chi connectivity index (χ1) is 12.7. The lowest BCUT2D eigenvalue weighted by molar-refractivity contribution is 0.0603. The lowest BCUT2D eigenvalue weighted by atomic mass is 9.78. The second-order valence-electron chi connectivity index (χ2n) is 9.01. The van der Waals surface area contributed by atoms with Crippen LogP contribution in [0.3, 0.4) is 0 Å². The van der Waals surface area contributed by atoms with Gasteiger partial charge in [-0.3, -0.25) is 0 Å². The van der Waals surface area contributed by atoms with E-state index in [0.717, 1.165) is 29.4 Å². The molecule has 0 radical (unpaired) electrons. The third-order valence-electron chi connectivity index (χ3n) is 5.68. The Balaban J connectivity index is 0.00000225. The molecule has 2 aromatic rings. The van der Waals surface area contributed by atoms with Crippen molar-refractivity contribution in [3.63, 3.8) is 0 Å². The molecule has 152 valence electrons. The number of benzene rings is 2. The maximum Gasteiger partial charge on any atom is 0.128 e. The van der Waals surface area contributed by atoms with Crippen LogP contribution in [-0.4, -0.2) is 18.2 Å². The highest BCUT2D eigenvalue weighted by atomic mass is 35.5. The Morgan fingerprint density at radius 2 is 1.46 bits per heavy atom. The molecule has 2 aliphatic rings. The van der Waals surface area contributed by atoms with Gasteiger partial charge in [-0.2, -0.15) is 0 Å². The Labute approximate surface area is 179 Å². The quantitative estimate of drug-likeness (QED) is 0.618. The zero-order valence-corrected chi connectivity index (χ0v) is 18.7. The minimum absolute atomic E-state index is 0. The second kappa shape index (κ2) is 7.44. The summed E-state index contributed by atoms with van der Waals surface area (Å²) in [6.45, 7) is 8.58. The lowest BCUT2D eigenvalue weighted by Crippen LogP contribution is -2.39. The van der Waals surface area contributed by atoms with E-state index in [-0.39, 0.29) is 35.6 Å². The van der Waals surface area contributed by atoms with Crippen molar-refractivity contribution in [1.82, 2.24) is 5.32 Å². The van der Waals surface area contributed by atoms with Crippen LogP contribution in [-0.2, 0) is 0 Å². The second-order valence-corrected chi connectivity index (χ2v) is 9.44. The van der Waals surface area contributed by atoms with Crippen LogP contribution in [0.1, 0.15) is 69.2 Å². The van der Waals surface area contributed by atoms with Gasteiger partial charge in [-0.1, -0.05) is 23.7 Å². The van der Waals surface area contributed by atoms with Crippen LogP contribution in [0.2, 0.25) is 5.02 Å². The normalized spacial score (nSPS) is 24.1. The van der Waals surface area contributed by atoms with Crippen LogP contribution in [0.15, 0.2) is 36.4 Å². The molecular weight excluding hydrogens is 393 g/mol. The van der Waals surface area contributed by atoms with E-state index >= 15 is 0 Å². The highest BCUT2D eigenvalue weighted by Gasteiger charge is 2.39. The van der Waals surface area contributed by atoms with E-state index in [1.54, 1.807) is 0 Å². The lowest BCUT2D eigenvalue weighted by Gasteiger charge is -2.42. The summed E-state index contributed by atoms with van der Waals surface area (Å²) in [5.41, 5.74) is 3.29. The molecule has 3 nitrogen and oxygen atoms in total. The number of rotatable bonds is 2. The summed E-state index contributed by atoms with van der Waals surface area (Å²) in [7, 11) is 2.02. The number of fused-ring (bicyclic) bond motifs is 2. The van der Waals surface area contributed by atoms with Crippen molar-refractivity contribution in [3.05, 3.63) is 58.1 Å². The maximum atomic E-state index is 6.37. The molecule has 0 saturated heterocycles. The summed E-state index contributed by atoms with van der Waals surface area (Å²) in [5.74, 6) is 2.13. The van der Waals surface area contributed by atoms with E-state index in [1.807, 2.05) is 19.2 Å². The molecule has 5 heteroatoms. The fraction of sp³-hybridized carbons (Fsp3) is 0.478. The van der Waals surface area contributed by atoms with Gasteiger partial charge in [-0.25, -0.2) is 0 Å². The monoisotopic (exact) mass is 421 g/mol. The van der Waals surface area contributed by atoms with Crippen molar-refractivity contribution in [2.75, 3.05) is 7.05 Å². The van der Waals surface area contributed by atoms with Gasteiger partial charge in [0.05, 0.1) is 0 Å². The van der Waals surface area contributed by atoms with Gasteiger partial charge in [0.2, 0.25) is 0 Å². The van der Waals surface area contributed by atoms with Gasteiger partial charge < -0.3 is 14.8 Å². The van der Waals surface area contributed by atoms with Crippen LogP contribution in [0.5, 0.6) is 11.5 Å². The van der Waals surface area contributed by atoms with Crippen LogP contribution < -0.4 is 14.8 Å². The van der Waals surface area contributed by atoms with Gasteiger partial charge in [0, 0.05) is 40.6 Å². The zero-order chi connectivity index (χ0) is 19.4. The van der Waals surface area contributed by atoms with Crippen molar-refractivity contribution in [2.45, 2.75) is 63.7 Å². The minimum Gasteiger partial charge on any atom is -0.487 e. The number of ether oxygens (including phenoxy) is 2. The van der Waals surface area contributed by atoms with Crippen molar-refractivity contribution in [2.24, 2.45) is 0 Å². The molecule has 1 N–H and O–H groups in total. The number of nitrogens with one attached hydrogen (secondary N) is 1. The van der Waals surface area contributed by atoms with Crippen LogP contribution in [0, 0.1) is 0 Å². The summed E-state index contributed by atoms with van der Waals surface area (Å²) in [6, 6.07) is 12.9. The molecule has 0 fully saturated rings. The Bertz CT molecular complexity index is 862. The predicted molar refractivity (Wildman–Crippen MR) is 117 cm³/mol. The van der Waals surface area contributed by atoms with Crippen molar-refractivity contribution < 1.29 is 9.47 Å². The number of halogens is 2. The first-order valence-electron chi connectivity index (χ1n) is 9.66. The van der Waals surface area contributed by atoms with Gasteiger partial charge >= 0.3 is 0 Å². The predicted octanol–water partition coefficient (Wildman–Crippen LogP) is 6.28. The average Bonchev–Trinajstić information content (AvgIpc) is 2.58. The van der Waals surface area contributed by atoms with E-state index in [0.29, 0.717) is 0 Å². The van der Waals surface area contributed by atoms with Crippen LogP contribution in [0.4, 0.5) is 0 Å². The molecule has 2 aromatic carbocycles. The molecule has 0 bridgehead atoms. The topological polar surface area (TPSA) is 30.5 Å². The first kappa shape index (κ1) is 21.3. The maximum absolute atomic E-state index is 6.37. The summed E-state index contributed by atoms with van der Waals surface area (Å²) in [4.78, 5) is 0. The minimum atomic E-state index is -0.238. The van der Waals surface area contributed by atoms with Gasteiger partial charge in [0.15, 0.2) is 0 Å². The Kier molecular flexibility index (Phi) is 5.66. The van der Waals surface area contributed by atoms with E-state index < -0.39 is 0 Å². The fourth-order valence-electron chi connectivity index (χ4n) is 4.45. The molecule has 2 aliphatic heterocycles.